The molecule has 1 rings (SSSR count). The largest absolute Gasteiger partial charge is 0.355 e. The van der Waals surface area contributed by atoms with E-state index in [0.717, 1.165) is 15.6 Å². The molecule has 0 saturated carbocycles. The Kier molecular flexibility index (Phi) is 9.38. The van der Waals surface area contributed by atoms with E-state index in [1.807, 2.05) is 13.8 Å². The normalized spacial score (nSPS) is 11.9. The highest BCUT2D eigenvalue weighted by atomic mass is 127. The molecule has 0 saturated heterocycles. The van der Waals surface area contributed by atoms with Gasteiger partial charge >= 0.3 is 0 Å². The molecular weight excluding hydrogens is 423 g/mol. The van der Waals surface area contributed by atoms with E-state index in [0.29, 0.717) is 19.0 Å². The fraction of sp³-hybridized carbons (Fsp3) is 0.667. The van der Waals surface area contributed by atoms with Gasteiger partial charge in [-0.1, -0.05) is 6.92 Å². The van der Waals surface area contributed by atoms with Crippen LogP contribution in [0.1, 0.15) is 22.5 Å². The van der Waals surface area contributed by atoms with Crippen LogP contribution >= 0.6 is 35.3 Å². The molecule has 6 nitrogen and oxygen atoms in total. The molecule has 0 aliphatic carbocycles. The number of rotatable bonds is 6. The monoisotopic (exact) mass is 446 g/mol. The molecule has 0 atom stereocenters. The molecule has 122 valence electrons. The van der Waals surface area contributed by atoms with Gasteiger partial charge in [-0.2, -0.15) is 0 Å². The van der Waals surface area contributed by atoms with E-state index >= 15 is 0 Å². The lowest BCUT2D eigenvalue weighted by Crippen LogP contribution is -2.39. The van der Waals surface area contributed by atoms with Gasteiger partial charge in [0.15, 0.2) is 15.8 Å². The molecule has 2 N–H and O–H groups in total. The van der Waals surface area contributed by atoms with Crippen molar-refractivity contribution in [2.24, 2.45) is 4.99 Å². The topological polar surface area (TPSA) is 83.5 Å². The summed E-state index contributed by atoms with van der Waals surface area (Å²) in [6.07, 6.45) is 0. The molecule has 1 aromatic rings. The molecule has 0 fully saturated rings. The minimum Gasteiger partial charge on any atom is -0.355 e. The lowest BCUT2D eigenvalue weighted by Gasteiger charge is -2.11. The third-order valence-electron chi connectivity index (χ3n) is 2.78. The van der Waals surface area contributed by atoms with Crippen LogP contribution < -0.4 is 10.6 Å². The maximum Gasteiger partial charge on any atom is 0.191 e. The van der Waals surface area contributed by atoms with Gasteiger partial charge in [-0.05, 0) is 13.8 Å². The molecule has 1 aromatic heterocycles. The van der Waals surface area contributed by atoms with Crippen molar-refractivity contribution < 1.29 is 8.42 Å². The van der Waals surface area contributed by atoms with Gasteiger partial charge < -0.3 is 10.6 Å². The van der Waals surface area contributed by atoms with Crippen LogP contribution in [0.3, 0.4) is 0 Å². The van der Waals surface area contributed by atoms with Crippen molar-refractivity contribution in [2.45, 2.75) is 27.3 Å². The Morgan fingerprint density at radius 2 is 2.00 bits per heavy atom. The summed E-state index contributed by atoms with van der Waals surface area (Å²) < 4.78 is 22.8. The van der Waals surface area contributed by atoms with Gasteiger partial charge in [-0.25, -0.2) is 13.4 Å². The van der Waals surface area contributed by atoms with Gasteiger partial charge in [-0.15, -0.1) is 35.3 Å². The van der Waals surface area contributed by atoms with Crippen LogP contribution in [-0.4, -0.2) is 44.5 Å². The predicted octanol–water partition coefficient (Wildman–Crippen LogP) is 1.48. The molecule has 1 heterocycles. The van der Waals surface area contributed by atoms with Crippen LogP contribution in [0.4, 0.5) is 0 Å². The molecule has 0 aromatic carbocycles. The quantitative estimate of drug-likeness (QED) is 0.393. The highest BCUT2D eigenvalue weighted by molar-refractivity contribution is 14.0. The van der Waals surface area contributed by atoms with Gasteiger partial charge in [0, 0.05) is 24.2 Å². The van der Waals surface area contributed by atoms with Gasteiger partial charge in [0.25, 0.3) is 0 Å². The van der Waals surface area contributed by atoms with E-state index in [1.165, 1.54) is 0 Å². The summed E-state index contributed by atoms with van der Waals surface area (Å²) in [5.41, 5.74) is 1.02. The number of halogens is 1. The van der Waals surface area contributed by atoms with Crippen molar-refractivity contribution in [3.05, 3.63) is 15.6 Å². The molecule has 0 spiro atoms. The van der Waals surface area contributed by atoms with Crippen LogP contribution in [0.15, 0.2) is 4.99 Å². The third-order valence-corrected chi connectivity index (χ3v) is 5.56. The molecular formula is C12H23IN4O2S2. The van der Waals surface area contributed by atoms with Gasteiger partial charge in [0.05, 0.1) is 23.0 Å². The van der Waals surface area contributed by atoms with E-state index < -0.39 is 9.84 Å². The molecule has 0 aliphatic heterocycles. The molecule has 0 aliphatic rings. The van der Waals surface area contributed by atoms with E-state index in [4.69, 9.17) is 0 Å². The van der Waals surface area contributed by atoms with Gasteiger partial charge in [0.1, 0.15) is 0 Å². The summed E-state index contributed by atoms with van der Waals surface area (Å²) in [5, 5.41) is 7.20. The summed E-state index contributed by atoms with van der Waals surface area (Å²) in [6, 6.07) is 0. The number of aromatic nitrogens is 1. The van der Waals surface area contributed by atoms with Crippen molar-refractivity contribution in [3.8, 4) is 0 Å². The average molecular weight is 446 g/mol. The fourth-order valence-electron chi connectivity index (χ4n) is 1.59. The lowest BCUT2D eigenvalue weighted by molar-refractivity contribution is 0.595. The SMILES string of the molecule is CCS(=O)(=O)CCNC(=NC)NCc1sc(C)nc1C.I. The number of aliphatic imine (C=N–C) groups is 1. The molecule has 0 unspecified atom stereocenters. The van der Waals surface area contributed by atoms with Crippen LogP contribution in [-0.2, 0) is 16.4 Å². The Labute approximate surface area is 147 Å². The van der Waals surface area contributed by atoms with Crippen molar-refractivity contribution in [2.75, 3.05) is 25.1 Å². The van der Waals surface area contributed by atoms with Crippen molar-refractivity contribution in [1.82, 2.24) is 15.6 Å². The number of guanidine groups is 1. The summed E-state index contributed by atoms with van der Waals surface area (Å²) in [5.74, 6) is 0.880. The minimum atomic E-state index is -2.95. The number of nitrogens with one attached hydrogen (secondary N) is 2. The second kappa shape index (κ2) is 9.57. The lowest BCUT2D eigenvalue weighted by atomic mass is 10.4. The average Bonchev–Trinajstić information content (AvgIpc) is 2.72. The van der Waals surface area contributed by atoms with Gasteiger partial charge in [-0.3, -0.25) is 4.99 Å². The molecule has 0 amide bonds. The van der Waals surface area contributed by atoms with E-state index in [2.05, 4.69) is 20.6 Å². The first-order valence-electron chi connectivity index (χ1n) is 6.45. The first-order valence-corrected chi connectivity index (χ1v) is 9.09. The molecule has 0 bridgehead atoms. The number of hydrogen-bond acceptors (Lipinski definition) is 5. The summed E-state index contributed by atoms with van der Waals surface area (Å²) in [6.45, 7) is 6.60. The number of hydrogen-bond donors (Lipinski definition) is 2. The van der Waals surface area contributed by atoms with E-state index in [-0.39, 0.29) is 35.5 Å². The zero-order valence-electron chi connectivity index (χ0n) is 12.8. The van der Waals surface area contributed by atoms with Crippen LogP contribution in [0.5, 0.6) is 0 Å². The van der Waals surface area contributed by atoms with Crippen molar-refractivity contribution >= 4 is 51.1 Å². The number of sulfone groups is 1. The second-order valence-corrected chi connectivity index (χ2v) is 8.09. The van der Waals surface area contributed by atoms with Gasteiger partial charge in [0.2, 0.25) is 0 Å². The van der Waals surface area contributed by atoms with Crippen LogP contribution in [0.2, 0.25) is 0 Å². The Balaban J connectivity index is 0.00000400. The first-order chi connectivity index (χ1) is 9.38. The van der Waals surface area contributed by atoms with Crippen molar-refractivity contribution in [1.29, 1.82) is 0 Å². The Morgan fingerprint density at radius 1 is 1.33 bits per heavy atom. The standard InChI is InChI=1S/C12H22N4O2S2.HI/c1-5-20(17,18)7-6-14-12(13-4)15-8-11-9(2)16-10(3)19-11;/h5-8H2,1-4H3,(H2,13,14,15);1H. The third kappa shape index (κ3) is 7.41. The number of thiazole rings is 1. The maximum absolute atomic E-state index is 11.4. The van der Waals surface area contributed by atoms with Crippen LogP contribution in [0, 0.1) is 13.8 Å². The zero-order chi connectivity index (χ0) is 15.2. The highest BCUT2D eigenvalue weighted by Crippen LogP contribution is 2.16. The maximum atomic E-state index is 11.4. The van der Waals surface area contributed by atoms with E-state index in [1.54, 1.807) is 25.3 Å². The van der Waals surface area contributed by atoms with Crippen molar-refractivity contribution in [3.63, 3.8) is 0 Å². The summed E-state index contributed by atoms with van der Waals surface area (Å²) in [4.78, 5) is 9.59. The zero-order valence-corrected chi connectivity index (χ0v) is 16.7. The minimum absolute atomic E-state index is 0. The first kappa shape index (κ1) is 20.6. The van der Waals surface area contributed by atoms with Crippen LogP contribution in [0.25, 0.3) is 0 Å². The Bertz CT molecular complexity index is 570. The second-order valence-electron chi connectivity index (χ2n) is 4.33. The smallest absolute Gasteiger partial charge is 0.191 e. The molecule has 9 heteroatoms. The molecule has 21 heavy (non-hydrogen) atoms. The Hall–Kier alpha value is -0.420. The highest BCUT2D eigenvalue weighted by Gasteiger charge is 2.08. The van der Waals surface area contributed by atoms with E-state index in [9.17, 15) is 8.42 Å². The number of aryl methyl sites for hydroxylation is 2. The Morgan fingerprint density at radius 3 is 2.48 bits per heavy atom. The molecule has 0 radical (unpaired) electrons. The summed E-state index contributed by atoms with van der Waals surface area (Å²) in [7, 11) is -1.29. The summed E-state index contributed by atoms with van der Waals surface area (Å²) >= 11 is 1.65. The number of nitrogens with zero attached hydrogens (tertiary/aromatic N) is 2. The predicted molar refractivity (Wildman–Crippen MR) is 99.5 cm³/mol. The fourth-order valence-corrected chi connectivity index (χ4v) is 3.17.